The number of esters is 1. The van der Waals surface area contributed by atoms with Crippen LogP contribution < -0.4 is 5.32 Å². The molecule has 1 amide bonds. The van der Waals surface area contributed by atoms with Crippen LogP contribution in [0.15, 0.2) is 48.6 Å². The van der Waals surface area contributed by atoms with Crippen molar-refractivity contribution >= 4 is 19.7 Å². The Hall–Kier alpha value is -2.03. The number of rotatable bonds is 64. The van der Waals surface area contributed by atoms with Crippen LogP contribution in [0.3, 0.4) is 0 Å². The molecule has 0 aliphatic carbocycles. The van der Waals surface area contributed by atoms with E-state index in [1.807, 2.05) is 33.3 Å². The lowest BCUT2D eigenvalue weighted by Gasteiger charge is -2.27. The van der Waals surface area contributed by atoms with Gasteiger partial charge in [0.05, 0.1) is 33.8 Å². The minimum absolute atomic E-state index is 0.0410. The highest BCUT2D eigenvalue weighted by Gasteiger charge is 2.30. The van der Waals surface area contributed by atoms with Crippen molar-refractivity contribution in [2.45, 2.75) is 354 Å². The molecule has 0 aromatic rings. The predicted molar refractivity (Wildman–Crippen MR) is 351 cm³/mol. The fraction of sp³-hybridized carbons (Fsp3) is 0.859. The van der Waals surface area contributed by atoms with E-state index in [0.29, 0.717) is 23.9 Å². The predicted octanol–water partition coefficient (Wildman–Crippen LogP) is 22.0. The van der Waals surface area contributed by atoms with Gasteiger partial charge in [0.15, 0.2) is 0 Å². The average molecular weight is 1160 g/mol. The Labute approximate surface area is 503 Å². The number of likely N-dealkylation sites (N-methyl/N-ethyl adjacent to an activating group) is 1. The summed E-state index contributed by atoms with van der Waals surface area (Å²) >= 11 is 0. The molecule has 10 heteroatoms. The Kier molecular flexibility index (Phi) is 59.5. The highest BCUT2D eigenvalue weighted by atomic mass is 31.2. The number of nitrogens with one attached hydrogen (secondary N) is 1. The summed E-state index contributed by atoms with van der Waals surface area (Å²) in [5, 5.41) is 3.07. The highest BCUT2D eigenvalue weighted by molar-refractivity contribution is 7.47. The summed E-state index contributed by atoms with van der Waals surface area (Å²) in [5.41, 5.74) is 0. The van der Waals surface area contributed by atoms with Crippen LogP contribution in [0, 0.1) is 0 Å². The van der Waals surface area contributed by atoms with E-state index in [1.54, 1.807) is 0 Å². The minimum atomic E-state index is -4.45. The summed E-state index contributed by atoms with van der Waals surface area (Å²) in [6, 6.07) is -0.849. The van der Waals surface area contributed by atoms with Gasteiger partial charge < -0.3 is 19.4 Å². The van der Waals surface area contributed by atoms with E-state index in [0.717, 1.165) is 64.2 Å². The minimum Gasteiger partial charge on any atom is -0.456 e. The Balaban J connectivity index is 5.13. The number of hydrogen-bond donors (Lipinski definition) is 2. The number of phosphoric ester groups is 1. The fourth-order valence-corrected chi connectivity index (χ4v) is 11.1. The van der Waals surface area contributed by atoms with Gasteiger partial charge in [-0.3, -0.25) is 18.6 Å². The molecular formula is C71H136N2O7P+. The van der Waals surface area contributed by atoms with Crippen LogP contribution in [0.4, 0.5) is 0 Å². The Morgan fingerprint density at radius 2 is 0.753 bits per heavy atom. The third-order valence-electron chi connectivity index (χ3n) is 15.7. The normalized spacial score (nSPS) is 13.8. The van der Waals surface area contributed by atoms with E-state index in [2.05, 4.69) is 62.5 Å². The van der Waals surface area contributed by atoms with Gasteiger partial charge >= 0.3 is 13.8 Å². The molecule has 0 heterocycles. The maximum atomic E-state index is 13.6. The maximum Gasteiger partial charge on any atom is 0.472 e. The summed E-state index contributed by atoms with van der Waals surface area (Å²) in [6.45, 7) is 7.03. The first-order valence-corrected chi connectivity index (χ1v) is 36.5. The SMILES string of the molecule is CCCCC/C=C\C/C=C\CCCCCCCCCCCCCC(=O)OC(/C=C/CCCCCCCCCCCCC)C(COP(=O)(O)OCC[N+](C)(C)C)NC(=O)CCCCCCCCCCCCC/C=C/CCCCCCCC. The topological polar surface area (TPSA) is 111 Å². The average Bonchev–Trinajstić information content (AvgIpc) is 3.44. The van der Waals surface area contributed by atoms with Crippen LogP contribution in [-0.2, 0) is 27.9 Å². The van der Waals surface area contributed by atoms with Crippen molar-refractivity contribution < 1.29 is 37.3 Å². The molecule has 0 aromatic heterocycles. The largest absolute Gasteiger partial charge is 0.472 e. The number of allylic oxidation sites excluding steroid dienone is 7. The van der Waals surface area contributed by atoms with Gasteiger partial charge in [-0.25, -0.2) is 4.57 Å². The molecule has 0 saturated heterocycles. The molecule has 0 fully saturated rings. The standard InChI is InChI=1S/C71H135N2O7P/c1-7-10-13-16-19-22-25-28-30-32-34-36-38-40-42-45-48-51-54-57-60-63-70(74)72-68(67-79-81(76,77)78-66-65-73(4,5)6)69(62-59-56-53-50-47-44-27-24-21-18-15-12-9-3)80-71(75)64-61-58-55-52-49-46-43-41-39-37-35-33-31-29-26-23-20-17-14-11-8-2/h20,23,28-31,59,62,68-69H,7-19,21-22,24-27,32-58,60-61,63-67H2,1-6H3,(H-,72,74,76,77)/p+1/b23-20-,30-28+,31-29-,62-59+. The lowest BCUT2D eigenvalue weighted by molar-refractivity contribution is -0.870. The van der Waals surface area contributed by atoms with Gasteiger partial charge in [0.2, 0.25) is 5.91 Å². The van der Waals surface area contributed by atoms with Crippen LogP contribution in [0.2, 0.25) is 0 Å². The number of ether oxygens (including phenoxy) is 1. The zero-order valence-corrected chi connectivity index (χ0v) is 55.4. The van der Waals surface area contributed by atoms with Crippen molar-refractivity contribution in [1.29, 1.82) is 0 Å². The molecule has 0 spiro atoms. The summed E-state index contributed by atoms with van der Waals surface area (Å²) in [6.07, 6.45) is 76.8. The van der Waals surface area contributed by atoms with Gasteiger partial charge in [-0.1, -0.05) is 288 Å². The number of carbonyl (C=O) groups is 2. The second kappa shape index (κ2) is 61.1. The number of amides is 1. The summed E-state index contributed by atoms with van der Waals surface area (Å²) < 4.78 is 30.8. The van der Waals surface area contributed by atoms with Crippen LogP contribution in [0.1, 0.15) is 342 Å². The van der Waals surface area contributed by atoms with Crippen LogP contribution in [0.25, 0.3) is 0 Å². The Morgan fingerprint density at radius 3 is 1.15 bits per heavy atom. The molecule has 9 nitrogen and oxygen atoms in total. The number of quaternary nitrogens is 1. The van der Waals surface area contributed by atoms with Crippen molar-refractivity contribution in [2.24, 2.45) is 0 Å². The molecule has 3 atom stereocenters. The first-order valence-electron chi connectivity index (χ1n) is 35.0. The van der Waals surface area contributed by atoms with E-state index < -0.39 is 20.0 Å². The quantitative estimate of drug-likeness (QED) is 0.0205. The summed E-state index contributed by atoms with van der Waals surface area (Å²) in [5.74, 6) is -0.493. The van der Waals surface area contributed by atoms with Crippen molar-refractivity contribution in [3.8, 4) is 0 Å². The highest BCUT2D eigenvalue weighted by Crippen LogP contribution is 2.43. The van der Waals surface area contributed by atoms with Gasteiger partial charge in [0, 0.05) is 12.8 Å². The van der Waals surface area contributed by atoms with Crippen LogP contribution in [0.5, 0.6) is 0 Å². The zero-order valence-electron chi connectivity index (χ0n) is 54.5. The molecule has 81 heavy (non-hydrogen) atoms. The Morgan fingerprint density at radius 1 is 0.432 bits per heavy atom. The fourth-order valence-electron chi connectivity index (χ4n) is 10.3. The molecule has 476 valence electrons. The molecule has 2 N–H and O–H groups in total. The van der Waals surface area contributed by atoms with Crippen LogP contribution >= 0.6 is 7.82 Å². The van der Waals surface area contributed by atoms with Crippen molar-refractivity contribution in [1.82, 2.24) is 5.32 Å². The van der Waals surface area contributed by atoms with Crippen molar-refractivity contribution in [3.63, 3.8) is 0 Å². The molecule has 0 aliphatic heterocycles. The van der Waals surface area contributed by atoms with E-state index in [4.69, 9.17) is 13.8 Å². The van der Waals surface area contributed by atoms with Gasteiger partial charge in [-0.15, -0.1) is 0 Å². The molecule has 0 bridgehead atoms. The van der Waals surface area contributed by atoms with E-state index in [-0.39, 0.29) is 25.1 Å². The van der Waals surface area contributed by atoms with Gasteiger partial charge in [-0.05, 0) is 89.5 Å². The molecule has 3 unspecified atom stereocenters. The van der Waals surface area contributed by atoms with E-state index in [9.17, 15) is 19.0 Å². The summed E-state index contributed by atoms with van der Waals surface area (Å²) in [7, 11) is 1.51. The zero-order chi connectivity index (χ0) is 59.3. The molecule has 0 saturated carbocycles. The van der Waals surface area contributed by atoms with Crippen molar-refractivity contribution in [2.75, 3.05) is 40.9 Å². The third kappa shape index (κ3) is 62.3. The maximum absolute atomic E-state index is 13.6. The Bertz CT molecular complexity index is 1520. The third-order valence-corrected chi connectivity index (χ3v) is 16.7. The molecule has 0 rings (SSSR count). The molecule has 0 aromatic carbocycles. The summed E-state index contributed by atoms with van der Waals surface area (Å²) in [4.78, 5) is 37.9. The van der Waals surface area contributed by atoms with E-state index in [1.165, 1.54) is 244 Å². The van der Waals surface area contributed by atoms with Crippen molar-refractivity contribution in [3.05, 3.63) is 48.6 Å². The molecule has 0 radical (unpaired) electrons. The first kappa shape index (κ1) is 79.0. The number of nitrogens with zero attached hydrogens (tertiary/aromatic N) is 1. The van der Waals surface area contributed by atoms with Crippen LogP contribution in [-0.4, -0.2) is 74.3 Å². The monoisotopic (exact) mass is 1160 g/mol. The second-order valence-corrected chi connectivity index (χ2v) is 26.5. The van der Waals surface area contributed by atoms with Gasteiger partial charge in [0.1, 0.15) is 19.3 Å². The van der Waals surface area contributed by atoms with E-state index >= 15 is 0 Å². The number of unbranched alkanes of at least 4 members (excludes halogenated alkanes) is 42. The molecular weight excluding hydrogens is 1020 g/mol. The van der Waals surface area contributed by atoms with Gasteiger partial charge in [-0.2, -0.15) is 0 Å². The lowest BCUT2D eigenvalue weighted by Crippen LogP contribution is -2.47. The smallest absolute Gasteiger partial charge is 0.456 e. The number of hydrogen-bond acceptors (Lipinski definition) is 6. The van der Waals surface area contributed by atoms with Gasteiger partial charge in [0.25, 0.3) is 0 Å². The number of phosphoric acid groups is 1. The second-order valence-electron chi connectivity index (χ2n) is 25.0. The lowest BCUT2D eigenvalue weighted by atomic mass is 10.0. The number of carbonyl (C=O) groups excluding carboxylic acids is 2. The first-order chi connectivity index (χ1) is 39.4. The molecule has 0 aliphatic rings.